The Morgan fingerprint density at radius 1 is 0.900 bits per heavy atom. The minimum absolute atomic E-state index is 0.0633. The molecule has 3 aromatic carbocycles. The van der Waals surface area contributed by atoms with Crippen molar-refractivity contribution in [2.45, 2.75) is 32.9 Å². The Balaban J connectivity index is 1.93. The molecule has 4 nitrogen and oxygen atoms in total. The van der Waals surface area contributed by atoms with Gasteiger partial charge in [0.2, 0.25) is 0 Å². The molecular formula is C26H31N2O2+. The zero-order valence-corrected chi connectivity index (χ0v) is 18.1. The molecule has 0 aliphatic heterocycles. The molecule has 3 rings (SSSR count). The smallest absolute Gasteiger partial charge is 0.287 e. The molecule has 0 fully saturated rings. The van der Waals surface area contributed by atoms with Gasteiger partial charge in [-0.15, -0.1) is 0 Å². The van der Waals surface area contributed by atoms with Crippen LogP contribution in [-0.4, -0.2) is 13.0 Å². The first kappa shape index (κ1) is 21.6. The Hall–Kier alpha value is -3.11. The van der Waals surface area contributed by atoms with Gasteiger partial charge in [0.05, 0.1) is 12.8 Å². The third kappa shape index (κ3) is 5.28. The largest absolute Gasteiger partial charge is 0.495 e. The van der Waals surface area contributed by atoms with Gasteiger partial charge in [-0.05, 0) is 24.6 Å². The Kier molecular flexibility index (Phi) is 7.26. The van der Waals surface area contributed by atoms with Gasteiger partial charge in [0.15, 0.2) is 6.04 Å². The van der Waals surface area contributed by atoms with Gasteiger partial charge in [0, 0.05) is 17.0 Å². The third-order valence-corrected chi connectivity index (χ3v) is 5.36. The van der Waals surface area contributed by atoms with Gasteiger partial charge in [0.1, 0.15) is 11.8 Å². The van der Waals surface area contributed by atoms with Crippen LogP contribution < -0.4 is 15.4 Å². The quantitative estimate of drug-likeness (QED) is 0.575. The lowest BCUT2D eigenvalue weighted by Gasteiger charge is -2.25. The molecule has 3 aromatic rings. The lowest BCUT2D eigenvalue weighted by molar-refractivity contribution is -0.727. The van der Waals surface area contributed by atoms with Crippen LogP contribution in [0.2, 0.25) is 0 Å². The van der Waals surface area contributed by atoms with Crippen LogP contribution in [0.1, 0.15) is 42.6 Å². The average Bonchev–Trinajstić information content (AvgIpc) is 2.75. The number of carbonyl (C=O) groups excluding carboxylic acids is 1. The van der Waals surface area contributed by atoms with Crippen molar-refractivity contribution >= 4 is 11.6 Å². The maximum Gasteiger partial charge on any atom is 0.287 e. The maximum atomic E-state index is 13.5. The molecule has 1 amide bonds. The number of anilines is 1. The van der Waals surface area contributed by atoms with Gasteiger partial charge in [-0.25, -0.2) is 0 Å². The molecule has 0 spiro atoms. The number of carbonyl (C=O) groups is 1. The van der Waals surface area contributed by atoms with Crippen molar-refractivity contribution in [3.63, 3.8) is 0 Å². The summed E-state index contributed by atoms with van der Waals surface area (Å²) in [6, 6.07) is 25.9. The fourth-order valence-electron chi connectivity index (χ4n) is 3.74. The number of aryl methyl sites for hydroxylation is 1. The number of amides is 1. The zero-order chi connectivity index (χ0) is 21.5. The van der Waals surface area contributed by atoms with Crippen LogP contribution in [0.15, 0.2) is 78.9 Å². The first-order chi connectivity index (χ1) is 14.5. The molecule has 2 atom stereocenters. The van der Waals surface area contributed by atoms with Gasteiger partial charge in [-0.2, -0.15) is 0 Å². The van der Waals surface area contributed by atoms with E-state index in [4.69, 9.17) is 4.74 Å². The van der Waals surface area contributed by atoms with E-state index in [0.717, 1.165) is 11.1 Å². The van der Waals surface area contributed by atoms with Crippen molar-refractivity contribution in [2.24, 2.45) is 5.92 Å². The average molecular weight is 404 g/mol. The minimum atomic E-state index is -0.385. The van der Waals surface area contributed by atoms with Gasteiger partial charge in [-0.1, -0.05) is 80.6 Å². The highest BCUT2D eigenvalue weighted by Gasteiger charge is 2.31. The van der Waals surface area contributed by atoms with Crippen LogP contribution >= 0.6 is 0 Å². The second-order valence-corrected chi connectivity index (χ2v) is 7.95. The van der Waals surface area contributed by atoms with Crippen LogP contribution in [0.4, 0.5) is 5.69 Å². The highest BCUT2D eigenvalue weighted by atomic mass is 16.5. The number of methoxy groups -OCH3 is 1. The van der Waals surface area contributed by atoms with E-state index in [1.807, 2.05) is 73.7 Å². The van der Waals surface area contributed by atoms with Gasteiger partial charge >= 0.3 is 0 Å². The van der Waals surface area contributed by atoms with Crippen molar-refractivity contribution in [1.29, 1.82) is 0 Å². The van der Waals surface area contributed by atoms with Gasteiger partial charge in [0.25, 0.3) is 5.91 Å². The summed E-state index contributed by atoms with van der Waals surface area (Å²) in [5.74, 6) is 0.954. The summed E-state index contributed by atoms with van der Waals surface area (Å²) in [4.78, 5) is 13.5. The molecule has 0 radical (unpaired) electrons. The van der Waals surface area contributed by atoms with Gasteiger partial charge in [-0.3, -0.25) is 4.79 Å². The van der Waals surface area contributed by atoms with E-state index in [2.05, 4.69) is 36.6 Å². The van der Waals surface area contributed by atoms with E-state index in [1.54, 1.807) is 7.11 Å². The standard InChI is InChI=1S/C26H30N2O2/c1-18(2)24(20-11-7-5-8-12-20)28-25(21-13-9-6-10-14-21)26(29)27-22-17-19(3)15-16-23(22)30-4/h5-18,24-25,28H,1-4H3,(H,27,29)/p+1/t24-,25-/m0/s1. The van der Waals surface area contributed by atoms with Crippen molar-refractivity contribution in [3.05, 3.63) is 95.6 Å². The molecular weight excluding hydrogens is 372 g/mol. The number of rotatable bonds is 8. The topological polar surface area (TPSA) is 54.9 Å². The molecule has 0 aliphatic rings. The van der Waals surface area contributed by atoms with Crippen molar-refractivity contribution < 1.29 is 14.8 Å². The SMILES string of the molecule is COc1ccc(C)cc1NC(=O)[C@@H]([NH2+][C@H](c1ccccc1)C(C)C)c1ccccc1. The number of ether oxygens (including phenoxy) is 1. The molecule has 156 valence electrons. The molecule has 0 aromatic heterocycles. The number of nitrogens with one attached hydrogen (secondary N) is 1. The maximum absolute atomic E-state index is 13.5. The second-order valence-electron chi connectivity index (χ2n) is 7.95. The Morgan fingerprint density at radius 3 is 2.07 bits per heavy atom. The predicted molar refractivity (Wildman–Crippen MR) is 121 cm³/mol. The lowest BCUT2D eigenvalue weighted by atomic mass is 9.93. The monoisotopic (exact) mass is 403 g/mol. The van der Waals surface area contributed by atoms with E-state index >= 15 is 0 Å². The normalized spacial score (nSPS) is 13.0. The van der Waals surface area contributed by atoms with Crippen LogP contribution in [0.3, 0.4) is 0 Å². The third-order valence-electron chi connectivity index (χ3n) is 5.36. The van der Waals surface area contributed by atoms with Crippen molar-refractivity contribution in [3.8, 4) is 5.75 Å². The number of quaternary nitrogens is 1. The van der Waals surface area contributed by atoms with E-state index in [-0.39, 0.29) is 18.0 Å². The minimum Gasteiger partial charge on any atom is -0.495 e. The van der Waals surface area contributed by atoms with Crippen LogP contribution in [0.5, 0.6) is 5.75 Å². The van der Waals surface area contributed by atoms with E-state index in [0.29, 0.717) is 17.4 Å². The molecule has 0 bridgehead atoms. The molecule has 0 heterocycles. The summed E-state index contributed by atoms with van der Waals surface area (Å²) in [5, 5.41) is 5.27. The lowest BCUT2D eigenvalue weighted by Crippen LogP contribution is -2.89. The summed E-state index contributed by atoms with van der Waals surface area (Å²) in [6.45, 7) is 6.38. The first-order valence-corrected chi connectivity index (χ1v) is 10.4. The number of hydrogen-bond donors (Lipinski definition) is 2. The fraction of sp³-hybridized carbons (Fsp3) is 0.269. The molecule has 3 N–H and O–H groups in total. The molecule has 0 saturated heterocycles. The summed E-state index contributed by atoms with van der Waals surface area (Å²) in [5.41, 5.74) is 3.95. The number of hydrogen-bond acceptors (Lipinski definition) is 2. The predicted octanol–water partition coefficient (Wildman–Crippen LogP) is 4.64. The Labute approximate surface area is 179 Å². The van der Waals surface area contributed by atoms with Crippen molar-refractivity contribution in [1.82, 2.24) is 0 Å². The fourth-order valence-corrected chi connectivity index (χ4v) is 3.74. The van der Waals surface area contributed by atoms with Crippen LogP contribution in [-0.2, 0) is 4.79 Å². The number of benzene rings is 3. The highest BCUT2D eigenvalue weighted by Crippen LogP contribution is 2.27. The van der Waals surface area contributed by atoms with Gasteiger partial charge < -0.3 is 15.4 Å². The first-order valence-electron chi connectivity index (χ1n) is 10.4. The van der Waals surface area contributed by atoms with Crippen molar-refractivity contribution in [2.75, 3.05) is 12.4 Å². The number of nitrogens with two attached hydrogens (primary N) is 1. The van der Waals surface area contributed by atoms with Crippen LogP contribution in [0.25, 0.3) is 0 Å². The van der Waals surface area contributed by atoms with E-state index in [1.165, 1.54) is 5.56 Å². The summed E-state index contributed by atoms with van der Waals surface area (Å²) < 4.78 is 5.45. The van der Waals surface area contributed by atoms with E-state index in [9.17, 15) is 4.79 Å². The molecule has 4 heteroatoms. The van der Waals surface area contributed by atoms with E-state index < -0.39 is 0 Å². The zero-order valence-electron chi connectivity index (χ0n) is 18.1. The van der Waals surface area contributed by atoms with Crippen LogP contribution in [0, 0.1) is 12.8 Å². The highest BCUT2D eigenvalue weighted by molar-refractivity contribution is 5.95. The Morgan fingerprint density at radius 2 is 1.50 bits per heavy atom. The summed E-state index contributed by atoms with van der Waals surface area (Å²) >= 11 is 0. The second kappa shape index (κ2) is 10.1. The molecule has 0 saturated carbocycles. The Bertz CT molecular complexity index is 955. The molecule has 0 aliphatic carbocycles. The molecule has 0 unspecified atom stereocenters. The summed E-state index contributed by atoms with van der Waals surface area (Å²) in [6.07, 6.45) is 0. The molecule has 30 heavy (non-hydrogen) atoms. The summed E-state index contributed by atoms with van der Waals surface area (Å²) in [7, 11) is 1.62.